The van der Waals surface area contributed by atoms with Crippen molar-refractivity contribution in [1.82, 2.24) is 14.7 Å². The standard InChI is InChI=1S/C15H14F3N3O3/c1-20(14(22)11-4-5-19-21(11)2)13(15(23)24-3)8-6-9(16)12(18)10(17)7-8/h4-7,13H,1-3H3. The van der Waals surface area contributed by atoms with E-state index >= 15 is 0 Å². The number of benzene rings is 1. The number of carbonyl (C=O) groups excluding carboxylic acids is 2. The lowest BCUT2D eigenvalue weighted by Crippen LogP contribution is -2.37. The molecule has 0 saturated heterocycles. The van der Waals surface area contributed by atoms with E-state index in [2.05, 4.69) is 9.84 Å². The average Bonchev–Trinajstić information content (AvgIpc) is 2.97. The van der Waals surface area contributed by atoms with Gasteiger partial charge in [0.25, 0.3) is 5.91 Å². The van der Waals surface area contributed by atoms with Crippen LogP contribution in [0.2, 0.25) is 0 Å². The third kappa shape index (κ3) is 3.10. The highest BCUT2D eigenvalue weighted by molar-refractivity contribution is 5.95. The molecule has 0 N–H and O–H groups in total. The van der Waals surface area contributed by atoms with Crippen LogP contribution in [0.5, 0.6) is 0 Å². The molecule has 0 fully saturated rings. The van der Waals surface area contributed by atoms with Gasteiger partial charge < -0.3 is 9.64 Å². The van der Waals surface area contributed by atoms with E-state index in [0.717, 1.165) is 12.0 Å². The number of aromatic nitrogens is 2. The summed E-state index contributed by atoms with van der Waals surface area (Å²) in [7, 11) is 3.84. The maximum atomic E-state index is 13.5. The molecule has 0 spiro atoms. The summed E-state index contributed by atoms with van der Waals surface area (Å²) in [6.45, 7) is 0. The van der Waals surface area contributed by atoms with Crippen molar-refractivity contribution in [3.8, 4) is 0 Å². The number of hydrogen-bond acceptors (Lipinski definition) is 4. The Bertz CT molecular complexity index is 768. The van der Waals surface area contributed by atoms with Gasteiger partial charge in [-0.2, -0.15) is 5.10 Å². The Hall–Kier alpha value is -2.84. The number of rotatable bonds is 4. The largest absolute Gasteiger partial charge is 0.467 e. The fraction of sp³-hybridized carbons (Fsp3) is 0.267. The molecule has 0 aliphatic rings. The number of carbonyl (C=O) groups is 2. The SMILES string of the molecule is COC(=O)C(c1cc(F)c(F)c(F)c1)N(C)C(=O)c1ccnn1C. The van der Waals surface area contributed by atoms with Crippen LogP contribution in [0.25, 0.3) is 0 Å². The minimum atomic E-state index is -1.66. The van der Waals surface area contributed by atoms with E-state index in [1.165, 1.54) is 31.0 Å². The fourth-order valence-electron chi connectivity index (χ4n) is 2.24. The van der Waals surface area contributed by atoms with Gasteiger partial charge in [-0.05, 0) is 23.8 Å². The molecular weight excluding hydrogens is 327 g/mol. The van der Waals surface area contributed by atoms with E-state index in [-0.39, 0.29) is 11.3 Å². The molecule has 1 aromatic carbocycles. The van der Waals surface area contributed by atoms with Crippen molar-refractivity contribution < 1.29 is 27.5 Å². The molecule has 0 bridgehead atoms. The van der Waals surface area contributed by atoms with Crippen molar-refractivity contribution in [2.24, 2.45) is 7.05 Å². The smallest absolute Gasteiger partial charge is 0.333 e. The first-order valence-electron chi connectivity index (χ1n) is 6.75. The minimum absolute atomic E-state index is 0.148. The number of esters is 1. The van der Waals surface area contributed by atoms with E-state index in [9.17, 15) is 22.8 Å². The molecule has 1 heterocycles. The molecule has 128 valence electrons. The van der Waals surface area contributed by atoms with E-state index < -0.39 is 35.4 Å². The lowest BCUT2D eigenvalue weighted by Gasteiger charge is -2.26. The lowest BCUT2D eigenvalue weighted by molar-refractivity contribution is -0.145. The topological polar surface area (TPSA) is 64.4 Å². The van der Waals surface area contributed by atoms with Crippen molar-refractivity contribution in [2.45, 2.75) is 6.04 Å². The van der Waals surface area contributed by atoms with Crippen LogP contribution in [0.1, 0.15) is 22.1 Å². The summed E-state index contributed by atoms with van der Waals surface area (Å²) < 4.78 is 46.0. The van der Waals surface area contributed by atoms with Gasteiger partial charge in [-0.25, -0.2) is 18.0 Å². The van der Waals surface area contributed by atoms with E-state index in [0.29, 0.717) is 12.1 Å². The molecule has 0 aliphatic heterocycles. The first-order chi connectivity index (χ1) is 11.3. The second-order valence-corrected chi connectivity index (χ2v) is 4.98. The Labute approximate surface area is 135 Å². The minimum Gasteiger partial charge on any atom is -0.467 e. The summed E-state index contributed by atoms with van der Waals surface area (Å²) in [6, 6.07) is 1.25. The molecule has 6 nitrogen and oxygen atoms in total. The molecule has 2 rings (SSSR count). The number of nitrogens with zero attached hydrogens (tertiary/aromatic N) is 3. The van der Waals surface area contributed by atoms with Crippen molar-refractivity contribution in [1.29, 1.82) is 0 Å². The van der Waals surface area contributed by atoms with Crippen molar-refractivity contribution in [3.05, 3.63) is 53.1 Å². The van der Waals surface area contributed by atoms with Gasteiger partial charge >= 0.3 is 5.97 Å². The molecule has 0 radical (unpaired) electrons. The Morgan fingerprint density at radius 3 is 2.29 bits per heavy atom. The van der Waals surface area contributed by atoms with Crippen LogP contribution >= 0.6 is 0 Å². The lowest BCUT2D eigenvalue weighted by atomic mass is 10.0. The number of amides is 1. The normalized spacial score (nSPS) is 11.9. The zero-order chi connectivity index (χ0) is 18.0. The monoisotopic (exact) mass is 341 g/mol. The second kappa shape index (κ2) is 6.73. The summed E-state index contributed by atoms with van der Waals surface area (Å²) in [5.41, 5.74) is -0.106. The molecule has 24 heavy (non-hydrogen) atoms. The van der Waals surface area contributed by atoms with Gasteiger partial charge in [0, 0.05) is 20.3 Å². The van der Waals surface area contributed by atoms with Crippen molar-refractivity contribution in [2.75, 3.05) is 14.2 Å². The van der Waals surface area contributed by atoms with Crippen LogP contribution in [0.3, 0.4) is 0 Å². The predicted octanol–water partition coefficient (Wildman–Crippen LogP) is 1.82. The highest BCUT2D eigenvalue weighted by Crippen LogP contribution is 2.26. The molecule has 1 atom stereocenters. The summed E-state index contributed by atoms with van der Waals surface area (Å²) in [5.74, 6) is -6.17. The predicted molar refractivity (Wildman–Crippen MR) is 76.4 cm³/mol. The zero-order valence-corrected chi connectivity index (χ0v) is 13.1. The van der Waals surface area contributed by atoms with Gasteiger partial charge in [-0.15, -0.1) is 0 Å². The molecule has 0 aliphatic carbocycles. The Morgan fingerprint density at radius 1 is 1.25 bits per heavy atom. The third-order valence-electron chi connectivity index (χ3n) is 3.49. The van der Waals surface area contributed by atoms with Crippen LogP contribution in [0, 0.1) is 17.5 Å². The molecular formula is C15H14F3N3O3. The molecule has 2 aromatic rings. The molecule has 1 amide bonds. The highest BCUT2D eigenvalue weighted by Gasteiger charge is 2.32. The van der Waals surface area contributed by atoms with Gasteiger partial charge in [-0.3, -0.25) is 9.48 Å². The van der Waals surface area contributed by atoms with Gasteiger partial charge in [0.15, 0.2) is 23.5 Å². The van der Waals surface area contributed by atoms with Crippen LogP contribution in [0.15, 0.2) is 24.4 Å². The summed E-state index contributed by atoms with van der Waals surface area (Å²) in [6.07, 6.45) is 1.38. The van der Waals surface area contributed by atoms with Crippen molar-refractivity contribution in [3.63, 3.8) is 0 Å². The van der Waals surface area contributed by atoms with Gasteiger partial charge in [0.2, 0.25) is 0 Å². The first-order valence-corrected chi connectivity index (χ1v) is 6.75. The van der Waals surface area contributed by atoms with Crippen LogP contribution < -0.4 is 0 Å². The summed E-state index contributed by atoms with van der Waals surface area (Å²) in [5, 5.41) is 3.84. The van der Waals surface area contributed by atoms with Crippen LogP contribution in [-0.2, 0) is 16.6 Å². The first kappa shape index (κ1) is 17.5. The zero-order valence-electron chi connectivity index (χ0n) is 13.1. The third-order valence-corrected chi connectivity index (χ3v) is 3.49. The Morgan fingerprint density at radius 2 is 1.83 bits per heavy atom. The van der Waals surface area contributed by atoms with Gasteiger partial charge in [0.1, 0.15) is 5.69 Å². The Kier molecular flexibility index (Phi) is 4.91. The quantitative estimate of drug-likeness (QED) is 0.629. The second-order valence-electron chi connectivity index (χ2n) is 4.98. The van der Waals surface area contributed by atoms with E-state index in [4.69, 9.17) is 0 Å². The summed E-state index contributed by atoms with van der Waals surface area (Å²) >= 11 is 0. The molecule has 9 heteroatoms. The van der Waals surface area contributed by atoms with E-state index in [1.54, 1.807) is 0 Å². The number of ether oxygens (including phenoxy) is 1. The number of halogens is 3. The molecule has 1 aromatic heterocycles. The Balaban J connectivity index is 2.48. The number of hydrogen-bond donors (Lipinski definition) is 0. The number of likely N-dealkylation sites (N-methyl/N-ethyl adjacent to an activating group) is 1. The maximum Gasteiger partial charge on any atom is 0.333 e. The van der Waals surface area contributed by atoms with Crippen molar-refractivity contribution >= 4 is 11.9 Å². The number of aryl methyl sites for hydroxylation is 1. The van der Waals surface area contributed by atoms with Crippen LogP contribution in [-0.4, -0.2) is 40.7 Å². The average molecular weight is 341 g/mol. The summed E-state index contributed by atoms with van der Waals surface area (Å²) in [4.78, 5) is 25.5. The highest BCUT2D eigenvalue weighted by atomic mass is 19.2. The molecule has 0 saturated carbocycles. The maximum absolute atomic E-state index is 13.5. The fourth-order valence-corrected chi connectivity index (χ4v) is 2.24. The van der Waals surface area contributed by atoms with Gasteiger partial charge in [-0.1, -0.05) is 0 Å². The van der Waals surface area contributed by atoms with Crippen LogP contribution in [0.4, 0.5) is 13.2 Å². The number of methoxy groups -OCH3 is 1. The van der Waals surface area contributed by atoms with Gasteiger partial charge in [0.05, 0.1) is 7.11 Å². The molecule has 1 unspecified atom stereocenters. The van der Waals surface area contributed by atoms with E-state index in [1.807, 2.05) is 0 Å².